The van der Waals surface area contributed by atoms with Crippen LogP contribution in [0.15, 0.2) is 42.5 Å². The largest absolute Gasteiger partial charge is 0.484 e. The van der Waals surface area contributed by atoms with Gasteiger partial charge in [-0.15, -0.1) is 0 Å². The zero-order valence-electron chi connectivity index (χ0n) is 10.1. The maximum Gasteiger partial charge on any atom is 0.260 e. The van der Waals surface area contributed by atoms with Crippen molar-refractivity contribution >= 4 is 16.7 Å². The number of rotatable bonds is 3. The molecule has 1 aliphatic rings. The third kappa shape index (κ3) is 2.16. The van der Waals surface area contributed by atoms with E-state index in [0.717, 1.165) is 30.6 Å². The summed E-state index contributed by atoms with van der Waals surface area (Å²) in [6.07, 6.45) is 1.11. The Hall–Kier alpha value is -2.03. The van der Waals surface area contributed by atoms with Crippen molar-refractivity contribution in [1.29, 1.82) is 0 Å². The molecule has 1 fully saturated rings. The van der Waals surface area contributed by atoms with Crippen LogP contribution in [0.1, 0.15) is 6.42 Å². The number of ether oxygens (including phenoxy) is 1. The Morgan fingerprint density at radius 1 is 1.11 bits per heavy atom. The summed E-state index contributed by atoms with van der Waals surface area (Å²) >= 11 is 0. The molecule has 0 spiro atoms. The molecule has 2 aromatic rings. The van der Waals surface area contributed by atoms with Gasteiger partial charge in [-0.2, -0.15) is 0 Å². The second-order valence-electron chi connectivity index (χ2n) is 4.53. The van der Waals surface area contributed by atoms with E-state index in [1.54, 1.807) is 0 Å². The van der Waals surface area contributed by atoms with Crippen LogP contribution in [0.3, 0.4) is 0 Å². The Labute approximate surface area is 106 Å². The minimum atomic E-state index is 0.0782. The first kappa shape index (κ1) is 11.1. The zero-order chi connectivity index (χ0) is 12.4. The molecule has 3 heteroatoms. The van der Waals surface area contributed by atoms with Crippen LogP contribution in [-0.4, -0.2) is 30.5 Å². The van der Waals surface area contributed by atoms with Crippen LogP contribution < -0.4 is 4.74 Å². The normalized spacial score (nSPS) is 14.3. The van der Waals surface area contributed by atoms with Crippen molar-refractivity contribution in [2.45, 2.75) is 6.42 Å². The third-order valence-electron chi connectivity index (χ3n) is 3.29. The van der Waals surface area contributed by atoms with E-state index in [1.165, 1.54) is 5.39 Å². The molecule has 18 heavy (non-hydrogen) atoms. The number of hydrogen-bond donors (Lipinski definition) is 0. The van der Waals surface area contributed by atoms with Gasteiger partial charge >= 0.3 is 0 Å². The van der Waals surface area contributed by atoms with Crippen LogP contribution in [0, 0.1) is 0 Å². The van der Waals surface area contributed by atoms with Gasteiger partial charge in [0, 0.05) is 13.1 Å². The summed E-state index contributed by atoms with van der Waals surface area (Å²) in [6, 6.07) is 14.0. The lowest BCUT2D eigenvalue weighted by molar-refractivity contribution is -0.136. The van der Waals surface area contributed by atoms with E-state index in [9.17, 15) is 4.79 Å². The van der Waals surface area contributed by atoms with Gasteiger partial charge in [-0.1, -0.05) is 30.3 Å². The SMILES string of the molecule is O=C(COc1ccc2ccccc2c1)N1CCC1. The number of fused-ring (bicyclic) bond motifs is 1. The predicted molar refractivity (Wildman–Crippen MR) is 70.6 cm³/mol. The van der Waals surface area contributed by atoms with Crippen LogP contribution in [0.4, 0.5) is 0 Å². The van der Waals surface area contributed by atoms with Gasteiger partial charge in [-0.3, -0.25) is 4.79 Å². The highest BCUT2D eigenvalue weighted by Gasteiger charge is 2.20. The molecule has 1 amide bonds. The minimum absolute atomic E-state index is 0.0782. The molecule has 0 aromatic heterocycles. The molecule has 0 aliphatic carbocycles. The quantitative estimate of drug-likeness (QED) is 0.826. The Morgan fingerprint density at radius 3 is 2.61 bits per heavy atom. The molecule has 0 radical (unpaired) electrons. The van der Waals surface area contributed by atoms with E-state index in [2.05, 4.69) is 6.07 Å². The fourth-order valence-electron chi connectivity index (χ4n) is 2.06. The second-order valence-corrected chi connectivity index (χ2v) is 4.53. The zero-order valence-corrected chi connectivity index (χ0v) is 10.1. The first-order valence-electron chi connectivity index (χ1n) is 6.22. The summed E-state index contributed by atoms with van der Waals surface area (Å²) in [4.78, 5) is 13.5. The number of hydrogen-bond acceptors (Lipinski definition) is 2. The molecule has 0 bridgehead atoms. The van der Waals surface area contributed by atoms with Gasteiger partial charge in [-0.25, -0.2) is 0 Å². The molecule has 1 aliphatic heterocycles. The molecule has 0 saturated carbocycles. The average molecular weight is 241 g/mol. The summed E-state index contributed by atoms with van der Waals surface area (Å²) < 4.78 is 5.54. The van der Waals surface area contributed by atoms with Gasteiger partial charge in [-0.05, 0) is 29.3 Å². The number of benzene rings is 2. The highest BCUT2D eigenvalue weighted by Crippen LogP contribution is 2.20. The Balaban J connectivity index is 1.68. The van der Waals surface area contributed by atoms with Crippen molar-refractivity contribution in [2.24, 2.45) is 0 Å². The predicted octanol–water partition coefficient (Wildman–Crippen LogP) is 2.45. The van der Waals surface area contributed by atoms with E-state index in [0.29, 0.717) is 0 Å². The topological polar surface area (TPSA) is 29.5 Å². The first-order valence-corrected chi connectivity index (χ1v) is 6.22. The van der Waals surface area contributed by atoms with E-state index in [4.69, 9.17) is 4.74 Å². The van der Waals surface area contributed by atoms with Crippen molar-refractivity contribution in [2.75, 3.05) is 19.7 Å². The first-order chi connectivity index (χ1) is 8.83. The molecule has 0 N–H and O–H groups in total. The van der Waals surface area contributed by atoms with Crippen LogP contribution >= 0.6 is 0 Å². The van der Waals surface area contributed by atoms with Gasteiger partial charge in [0.25, 0.3) is 5.91 Å². The Kier molecular flexibility index (Phi) is 2.89. The summed E-state index contributed by atoms with van der Waals surface area (Å²) in [5, 5.41) is 2.31. The lowest BCUT2D eigenvalue weighted by Gasteiger charge is -2.30. The monoisotopic (exact) mass is 241 g/mol. The van der Waals surface area contributed by atoms with Crippen molar-refractivity contribution in [3.05, 3.63) is 42.5 Å². The summed E-state index contributed by atoms with van der Waals surface area (Å²) in [5.41, 5.74) is 0. The van der Waals surface area contributed by atoms with E-state index < -0.39 is 0 Å². The van der Waals surface area contributed by atoms with E-state index in [-0.39, 0.29) is 12.5 Å². The maximum absolute atomic E-state index is 11.7. The number of carbonyl (C=O) groups excluding carboxylic acids is 1. The Morgan fingerprint density at radius 2 is 1.89 bits per heavy atom. The average Bonchev–Trinajstić information content (AvgIpc) is 2.34. The maximum atomic E-state index is 11.7. The van der Waals surface area contributed by atoms with Gasteiger partial charge in [0.1, 0.15) is 5.75 Å². The third-order valence-corrected chi connectivity index (χ3v) is 3.29. The lowest BCUT2D eigenvalue weighted by atomic mass is 10.1. The van der Waals surface area contributed by atoms with Crippen LogP contribution in [-0.2, 0) is 4.79 Å². The fourth-order valence-corrected chi connectivity index (χ4v) is 2.06. The van der Waals surface area contributed by atoms with Crippen LogP contribution in [0.5, 0.6) is 5.75 Å². The van der Waals surface area contributed by atoms with Crippen molar-refractivity contribution < 1.29 is 9.53 Å². The number of likely N-dealkylation sites (tertiary alicyclic amines) is 1. The van der Waals surface area contributed by atoms with Gasteiger partial charge in [0.05, 0.1) is 0 Å². The van der Waals surface area contributed by atoms with Crippen molar-refractivity contribution in [3.8, 4) is 5.75 Å². The molecular formula is C15H15NO2. The summed E-state index contributed by atoms with van der Waals surface area (Å²) in [7, 11) is 0. The smallest absolute Gasteiger partial charge is 0.260 e. The molecule has 0 atom stereocenters. The number of amides is 1. The lowest BCUT2D eigenvalue weighted by Crippen LogP contribution is -2.44. The second kappa shape index (κ2) is 4.69. The van der Waals surface area contributed by atoms with E-state index in [1.807, 2.05) is 41.3 Å². The molecular weight excluding hydrogens is 226 g/mol. The molecule has 1 heterocycles. The van der Waals surface area contributed by atoms with Crippen molar-refractivity contribution in [3.63, 3.8) is 0 Å². The van der Waals surface area contributed by atoms with E-state index >= 15 is 0 Å². The molecule has 3 rings (SSSR count). The van der Waals surface area contributed by atoms with Crippen LogP contribution in [0.25, 0.3) is 10.8 Å². The fraction of sp³-hybridized carbons (Fsp3) is 0.267. The van der Waals surface area contributed by atoms with Gasteiger partial charge in [0.15, 0.2) is 6.61 Å². The highest BCUT2D eigenvalue weighted by atomic mass is 16.5. The number of carbonyl (C=O) groups is 1. The molecule has 2 aromatic carbocycles. The standard InChI is InChI=1S/C15H15NO2/c17-15(16-8-3-9-16)11-18-14-7-6-12-4-1-2-5-13(12)10-14/h1-2,4-7,10H,3,8-9,11H2. The van der Waals surface area contributed by atoms with Gasteiger partial charge < -0.3 is 9.64 Å². The minimum Gasteiger partial charge on any atom is -0.484 e. The van der Waals surface area contributed by atoms with Crippen LogP contribution in [0.2, 0.25) is 0 Å². The van der Waals surface area contributed by atoms with Crippen molar-refractivity contribution in [1.82, 2.24) is 4.90 Å². The summed E-state index contributed by atoms with van der Waals surface area (Å²) in [6.45, 7) is 1.89. The number of nitrogens with zero attached hydrogens (tertiary/aromatic N) is 1. The molecule has 1 saturated heterocycles. The molecule has 92 valence electrons. The Bertz CT molecular complexity index is 575. The van der Waals surface area contributed by atoms with Gasteiger partial charge in [0.2, 0.25) is 0 Å². The highest BCUT2D eigenvalue weighted by molar-refractivity contribution is 5.84. The summed E-state index contributed by atoms with van der Waals surface area (Å²) in [5.74, 6) is 0.831. The molecule has 3 nitrogen and oxygen atoms in total. The molecule has 0 unspecified atom stereocenters.